The highest BCUT2D eigenvalue weighted by Gasteiger charge is 2.57. The standard InChI is InChI=1S/C25H38N3O13P.C22H34N3O13P/c1-23(2,3)21(31)34-12-37-42(33,38-13-35-22(32)24(4,5)6)36-11-14-16-17(41-25(7,8)40-16)20(39-14)28-10-9-27-15(18(26)29)19(28)30;1-21(2,3)19(30)33-10-36-39(32,37-11-34-20(31)22(4,5)6)35-9-12-14(26)15(27)18(38-12)25-8-7-24-13(16(23)28)17(25)29/h9-10,14,16-17,20H,11-13H2,1-8H3,(H2,26,29);7-8,12,14-15,18,26-27H,9-11H2,1-6H3,(H2,23,28)/t14-,16-,17-,20-;12-,14-,15-,18-/m11/s1. The number of hydrogen-bond donors (Lipinski definition) is 4. The Kier molecular flexibility index (Phi) is 22.6. The second-order valence-corrected chi connectivity index (χ2v) is 25.9. The zero-order valence-electron chi connectivity index (χ0n) is 47.2. The maximum Gasteiger partial charge on any atom is 0.480 e. The van der Waals surface area contributed by atoms with Gasteiger partial charge in [-0.1, -0.05) is 0 Å². The lowest BCUT2D eigenvalue weighted by Crippen LogP contribution is -2.38. The minimum Gasteiger partial charge on any atom is -0.437 e. The van der Waals surface area contributed by atoms with Crippen LogP contribution in [-0.4, -0.2) is 148 Å². The van der Waals surface area contributed by atoms with Crippen molar-refractivity contribution >= 4 is 51.3 Å². The summed E-state index contributed by atoms with van der Waals surface area (Å²) in [5, 5.41) is 20.9. The molecule has 0 radical (unpaired) electrons. The molecule has 5 rings (SSSR count). The van der Waals surface area contributed by atoms with Gasteiger partial charge in [-0.15, -0.1) is 0 Å². The maximum atomic E-state index is 13.5. The Bertz CT molecular complexity index is 2740. The van der Waals surface area contributed by atoms with E-state index >= 15 is 0 Å². The number of aromatic nitrogens is 4. The lowest BCUT2D eigenvalue weighted by molar-refractivity contribution is -0.200. The summed E-state index contributed by atoms with van der Waals surface area (Å²) in [5.41, 5.74) is 3.92. The quantitative estimate of drug-likeness (QED) is 0.0568. The molecule has 0 spiro atoms. The van der Waals surface area contributed by atoms with Gasteiger partial charge >= 0.3 is 39.5 Å². The molecule has 3 aliphatic heterocycles. The smallest absolute Gasteiger partial charge is 0.437 e. The van der Waals surface area contributed by atoms with E-state index in [-0.39, 0.29) is 0 Å². The minimum absolute atomic E-state index is 0.489. The summed E-state index contributed by atoms with van der Waals surface area (Å²) in [4.78, 5) is 104. The number of aliphatic hydroxyl groups is 2. The molecular weight excluding hydrogens is 1130 g/mol. The van der Waals surface area contributed by atoms with Crippen molar-refractivity contribution < 1.29 is 113 Å². The molecule has 0 aliphatic carbocycles. The maximum absolute atomic E-state index is 13.5. The van der Waals surface area contributed by atoms with E-state index in [9.17, 15) is 57.7 Å². The number of rotatable bonds is 22. The van der Waals surface area contributed by atoms with Crippen LogP contribution < -0.4 is 22.6 Å². The molecule has 34 heteroatoms. The molecule has 2 aromatic heterocycles. The van der Waals surface area contributed by atoms with Crippen molar-refractivity contribution in [1.29, 1.82) is 0 Å². The SMILES string of the molecule is CC(C)(C)C(=O)OCOP(=O)(OCOC(=O)C(C)(C)C)OC[C@H]1O[C@@H](n2ccnc(C(N)=O)c2=O)[C@H](O)[C@@H]1O.CC1(C)O[C@@H]2[C@H](O1)[C@@H](COP(=O)(OCOC(=O)C(C)(C)C)OCOC(=O)C(C)(C)C)O[C@H]2n1ccnc(C(N)=O)c1=O. The van der Waals surface area contributed by atoms with Crippen molar-refractivity contribution in [1.82, 2.24) is 19.1 Å². The third kappa shape index (κ3) is 18.8. The summed E-state index contributed by atoms with van der Waals surface area (Å²) in [6.07, 6.45) is -5.40. The molecule has 0 bridgehead atoms. The summed E-state index contributed by atoms with van der Waals surface area (Å²) >= 11 is 0. The van der Waals surface area contributed by atoms with Gasteiger partial charge in [0.15, 0.2) is 29.6 Å². The summed E-state index contributed by atoms with van der Waals surface area (Å²) in [6, 6.07) is 0. The van der Waals surface area contributed by atoms with Crippen LogP contribution in [0.25, 0.3) is 0 Å². The summed E-state index contributed by atoms with van der Waals surface area (Å²) in [6.45, 7) is 17.9. The van der Waals surface area contributed by atoms with E-state index in [1.807, 2.05) is 0 Å². The second-order valence-electron chi connectivity index (χ2n) is 22.6. The molecule has 3 saturated heterocycles. The number of primary amides is 2. The molecule has 81 heavy (non-hydrogen) atoms. The molecule has 456 valence electrons. The highest BCUT2D eigenvalue weighted by molar-refractivity contribution is 7.48. The number of esters is 4. The van der Waals surface area contributed by atoms with Gasteiger partial charge in [0.2, 0.25) is 27.2 Å². The van der Waals surface area contributed by atoms with Gasteiger partial charge in [-0.05, 0) is 96.9 Å². The van der Waals surface area contributed by atoms with Gasteiger partial charge in [-0.3, -0.25) is 56.5 Å². The number of nitrogens with two attached hydrogens (primary N) is 2. The third-order valence-electron chi connectivity index (χ3n) is 11.1. The van der Waals surface area contributed by atoms with Crippen LogP contribution >= 0.6 is 15.6 Å². The van der Waals surface area contributed by atoms with E-state index in [0.717, 1.165) is 21.5 Å². The van der Waals surface area contributed by atoms with Gasteiger partial charge in [0.05, 0.1) is 34.9 Å². The summed E-state index contributed by atoms with van der Waals surface area (Å²) in [7, 11) is -9.17. The van der Waals surface area contributed by atoms with E-state index in [0.29, 0.717) is 0 Å². The van der Waals surface area contributed by atoms with Crippen LogP contribution in [0.3, 0.4) is 0 Å². The van der Waals surface area contributed by atoms with Crippen molar-refractivity contribution in [2.24, 2.45) is 33.1 Å². The molecule has 0 saturated carbocycles. The van der Waals surface area contributed by atoms with Crippen LogP contribution in [0.5, 0.6) is 0 Å². The van der Waals surface area contributed by atoms with Crippen LogP contribution in [0.1, 0.15) is 130 Å². The van der Waals surface area contributed by atoms with Gasteiger partial charge in [-0.2, -0.15) is 0 Å². The van der Waals surface area contributed by atoms with Crippen molar-refractivity contribution in [3.8, 4) is 0 Å². The van der Waals surface area contributed by atoms with Gasteiger partial charge in [-0.25, -0.2) is 37.2 Å². The van der Waals surface area contributed by atoms with Gasteiger partial charge in [0, 0.05) is 24.8 Å². The first-order valence-corrected chi connectivity index (χ1v) is 27.6. The number of phosphoric ester groups is 2. The van der Waals surface area contributed by atoms with Crippen LogP contribution in [0, 0.1) is 21.7 Å². The number of carbonyl (C=O) groups excluding carboxylic acids is 6. The molecule has 5 heterocycles. The first-order chi connectivity index (χ1) is 37.1. The molecule has 3 aliphatic rings. The van der Waals surface area contributed by atoms with E-state index in [1.165, 1.54) is 12.4 Å². The van der Waals surface area contributed by atoms with Gasteiger partial charge in [0.1, 0.15) is 36.6 Å². The highest BCUT2D eigenvalue weighted by atomic mass is 31.2. The van der Waals surface area contributed by atoms with Crippen LogP contribution in [-0.2, 0) is 93.3 Å². The zero-order valence-corrected chi connectivity index (χ0v) is 49.0. The Hall–Kier alpha value is -5.44. The number of nitrogens with zero attached hydrogens (tertiary/aromatic N) is 4. The van der Waals surface area contributed by atoms with Crippen LogP contribution in [0.2, 0.25) is 0 Å². The largest absolute Gasteiger partial charge is 0.480 e. The number of hydrogen-bond acceptors (Lipinski definition) is 28. The van der Waals surface area contributed by atoms with E-state index in [2.05, 4.69) is 9.97 Å². The fraction of sp³-hybridized carbons (Fsp3) is 0.702. The Labute approximate surface area is 464 Å². The molecule has 32 nitrogen and oxygen atoms in total. The number of carbonyl (C=O) groups is 6. The van der Waals surface area contributed by atoms with E-state index in [1.54, 1.807) is 96.9 Å². The Balaban J connectivity index is 0.000000350. The number of phosphoric acid groups is 2. The predicted octanol–water partition coefficient (Wildman–Crippen LogP) is 2.22. The lowest BCUT2D eigenvalue weighted by atomic mass is 9.98. The molecule has 6 N–H and O–H groups in total. The highest BCUT2D eigenvalue weighted by Crippen LogP contribution is 2.52. The summed E-state index contributed by atoms with van der Waals surface area (Å²) < 4.78 is 103. The third-order valence-corrected chi connectivity index (χ3v) is 13.7. The zero-order chi connectivity index (χ0) is 61.4. The van der Waals surface area contributed by atoms with Gasteiger partial charge in [0.25, 0.3) is 22.9 Å². The average molecular weight is 1200 g/mol. The number of aliphatic hydroxyl groups excluding tert-OH is 2. The molecule has 3 fully saturated rings. The minimum atomic E-state index is -4.62. The van der Waals surface area contributed by atoms with Crippen LogP contribution in [0.4, 0.5) is 0 Å². The molecule has 2 amide bonds. The van der Waals surface area contributed by atoms with Crippen molar-refractivity contribution in [3.63, 3.8) is 0 Å². The predicted molar refractivity (Wildman–Crippen MR) is 271 cm³/mol. The Morgan fingerprint density at radius 3 is 1.21 bits per heavy atom. The van der Waals surface area contributed by atoms with Gasteiger partial charge < -0.3 is 59.6 Å². The van der Waals surface area contributed by atoms with Crippen LogP contribution in [0.15, 0.2) is 34.4 Å². The lowest BCUT2D eigenvalue weighted by Gasteiger charge is -2.26. The van der Waals surface area contributed by atoms with E-state index in [4.69, 9.17) is 76.5 Å². The van der Waals surface area contributed by atoms with E-state index < -0.39 is 191 Å². The fourth-order valence-corrected chi connectivity index (χ4v) is 8.53. The molecule has 8 atom stereocenters. The average Bonchev–Trinajstić information content (AvgIpc) is 4.18. The first kappa shape index (κ1) is 68.1. The molecular formula is C47H72N6O26P2. The monoisotopic (exact) mass is 1200 g/mol. The van der Waals surface area contributed by atoms with Crippen molar-refractivity contribution in [3.05, 3.63) is 56.9 Å². The second kappa shape index (κ2) is 26.9. The Morgan fingerprint density at radius 1 is 0.543 bits per heavy atom. The fourth-order valence-electron chi connectivity index (χ4n) is 6.70. The number of amides is 2. The number of ether oxygens (including phenoxy) is 8. The Morgan fingerprint density at radius 2 is 0.864 bits per heavy atom. The summed E-state index contributed by atoms with van der Waals surface area (Å²) in [5.74, 6) is -5.90. The molecule has 0 unspecified atom stereocenters. The normalized spacial score (nSPS) is 22.9. The van der Waals surface area contributed by atoms with Crippen molar-refractivity contribution in [2.45, 2.75) is 152 Å². The number of fused-ring (bicyclic) bond motifs is 1. The van der Waals surface area contributed by atoms with Crippen molar-refractivity contribution in [2.75, 3.05) is 40.4 Å². The molecule has 2 aromatic rings. The topological polar surface area (TPSA) is 428 Å². The first-order valence-electron chi connectivity index (χ1n) is 24.6. The molecule has 0 aromatic carbocycles.